The summed E-state index contributed by atoms with van der Waals surface area (Å²) in [5.41, 5.74) is 3.25. The molecule has 2 heterocycles. The SMILES string of the molecule is CCCc1sc(C(=O)N2CCCN(Cc3ccc(C#N)cc3)CC2)cc1CC. The van der Waals surface area contributed by atoms with E-state index in [9.17, 15) is 4.79 Å². The van der Waals surface area contributed by atoms with Crippen molar-refractivity contribution in [3.8, 4) is 6.07 Å². The molecule has 28 heavy (non-hydrogen) atoms. The van der Waals surface area contributed by atoms with E-state index >= 15 is 0 Å². The number of hydrogen-bond donors (Lipinski definition) is 0. The number of rotatable bonds is 6. The van der Waals surface area contributed by atoms with E-state index in [2.05, 4.69) is 30.9 Å². The lowest BCUT2D eigenvalue weighted by molar-refractivity contribution is 0.0766. The van der Waals surface area contributed by atoms with E-state index in [0.29, 0.717) is 5.56 Å². The highest BCUT2D eigenvalue weighted by atomic mass is 32.1. The molecule has 1 fully saturated rings. The molecule has 148 valence electrons. The third-order valence-electron chi connectivity index (χ3n) is 5.33. The Morgan fingerprint density at radius 1 is 1.14 bits per heavy atom. The fraction of sp³-hybridized carbons (Fsp3) is 0.478. The summed E-state index contributed by atoms with van der Waals surface area (Å²) in [6.45, 7) is 8.71. The van der Waals surface area contributed by atoms with Crippen LogP contribution < -0.4 is 0 Å². The number of carbonyl (C=O) groups is 1. The van der Waals surface area contributed by atoms with Gasteiger partial charge in [0.2, 0.25) is 0 Å². The molecule has 1 aromatic carbocycles. The van der Waals surface area contributed by atoms with E-state index in [-0.39, 0.29) is 5.91 Å². The Kier molecular flexibility index (Phi) is 7.24. The minimum Gasteiger partial charge on any atom is -0.337 e. The van der Waals surface area contributed by atoms with E-state index < -0.39 is 0 Å². The number of thiophene rings is 1. The first kappa shape index (κ1) is 20.6. The van der Waals surface area contributed by atoms with Crippen LogP contribution >= 0.6 is 11.3 Å². The lowest BCUT2D eigenvalue weighted by atomic mass is 10.1. The highest BCUT2D eigenvalue weighted by Crippen LogP contribution is 2.26. The molecule has 0 unspecified atom stereocenters. The van der Waals surface area contributed by atoms with Crippen molar-refractivity contribution in [3.05, 3.63) is 56.8 Å². The quantitative estimate of drug-likeness (QED) is 0.724. The zero-order valence-electron chi connectivity index (χ0n) is 16.9. The van der Waals surface area contributed by atoms with Crippen LogP contribution in [0.2, 0.25) is 0 Å². The van der Waals surface area contributed by atoms with Crippen molar-refractivity contribution in [2.45, 2.75) is 46.1 Å². The molecule has 0 radical (unpaired) electrons. The van der Waals surface area contributed by atoms with Crippen molar-refractivity contribution >= 4 is 17.2 Å². The molecule has 1 aliphatic rings. The van der Waals surface area contributed by atoms with Crippen molar-refractivity contribution in [1.82, 2.24) is 9.80 Å². The van der Waals surface area contributed by atoms with Crippen LogP contribution in [0.5, 0.6) is 0 Å². The molecule has 0 aliphatic carbocycles. The zero-order chi connectivity index (χ0) is 19.9. The van der Waals surface area contributed by atoms with Crippen LogP contribution in [0.3, 0.4) is 0 Å². The van der Waals surface area contributed by atoms with Crippen molar-refractivity contribution in [2.75, 3.05) is 26.2 Å². The van der Waals surface area contributed by atoms with Gasteiger partial charge in [0.05, 0.1) is 16.5 Å². The van der Waals surface area contributed by atoms with Crippen LogP contribution in [0, 0.1) is 11.3 Å². The number of benzene rings is 1. The van der Waals surface area contributed by atoms with E-state index in [1.165, 1.54) is 16.0 Å². The summed E-state index contributed by atoms with van der Waals surface area (Å²) in [5.74, 6) is 0.197. The number of carbonyl (C=O) groups excluding carboxylic acids is 1. The first-order valence-corrected chi connectivity index (χ1v) is 11.1. The van der Waals surface area contributed by atoms with Gasteiger partial charge in [0.15, 0.2) is 0 Å². The minimum absolute atomic E-state index is 0.197. The summed E-state index contributed by atoms with van der Waals surface area (Å²) in [6.07, 6.45) is 4.18. The normalized spacial score (nSPS) is 15.2. The predicted molar refractivity (Wildman–Crippen MR) is 115 cm³/mol. The maximum absolute atomic E-state index is 13.1. The van der Waals surface area contributed by atoms with Gasteiger partial charge < -0.3 is 4.90 Å². The first-order valence-electron chi connectivity index (χ1n) is 10.3. The second-order valence-corrected chi connectivity index (χ2v) is 8.53. The van der Waals surface area contributed by atoms with Gasteiger partial charge in [0, 0.05) is 37.6 Å². The van der Waals surface area contributed by atoms with Gasteiger partial charge >= 0.3 is 0 Å². The largest absolute Gasteiger partial charge is 0.337 e. The van der Waals surface area contributed by atoms with Gasteiger partial charge in [-0.2, -0.15) is 5.26 Å². The molecular weight excluding hydrogens is 366 g/mol. The van der Waals surface area contributed by atoms with Crippen LogP contribution in [0.15, 0.2) is 30.3 Å². The summed E-state index contributed by atoms with van der Waals surface area (Å²) in [7, 11) is 0. The maximum atomic E-state index is 13.1. The number of nitrogens with zero attached hydrogens (tertiary/aromatic N) is 3. The van der Waals surface area contributed by atoms with Crippen molar-refractivity contribution in [2.24, 2.45) is 0 Å². The Morgan fingerprint density at radius 3 is 2.61 bits per heavy atom. The second-order valence-electron chi connectivity index (χ2n) is 7.39. The first-order chi connectivity index (χ1) is 13.6. The minimum atomic E-state index is 0.197. The van der Waals surface area contributed by atoms with E-state index in [0.717, 1.165) is 63.3 Å². The van der Waals surface area contributed by atoms with E-state index in [1.807, 2.05) is 29.2 Å². The Hall–Kier alpha value is -2.16. The lowest BCUT2D eigenvalue weighted by Gasteiger charge is -2.21. The number of hydrogen-bond acceptors (Lipinski definition) is 4. The Bertz CT molecular complexity index is 835. The smallest absolute Gasteiger partial charge is 0.263 e. The van der Waals surface area contributed by atoms with Crippen molar-refractivity contribution < 1.29 is 4.79 Å². The Labute approximate surface area is 172 Å². The molecule has 0 bridgehead atoms. The molecule has 0 atom stereocenters. The van der Waals surface area contributed by atoms with Gasteiger partial charge in [-0.15, -0.1) is 11.3 Å². The topological polar surface area (TPSA) is 47.3 Å². The third kappa shape index (κ3) is 5.01. The highest BCUT2D eigenvalue weighted by molar-refractivity contribution is 7.14. The summed E-state index contributed by atoms with van der Waals surface area (Å²) in [6, 6.07) is 12.1. The van der Waals surface area contributed by atoms with Crippen molar-refractivity contribution in [1.29, 1.82) is 5.26 Å². The summed E-state index contributed by atoms with van der Waals surface area (Å²) in [5, 5.41) is 8.93. The standard InChI is InChI=1S/C23H29N3OS/c1-3-6-21-20(4-2)15-22(28-21)23(27)26-12-5-11-25(13-14-26)17-19-9-7-18(16-24)8-10-19/h7-10,15H,3-6,11-14,17H2,1-2H3. The van der Waals surface area contributed by atoms with Gasteiger partial charge in [-0.1, -0.05) is 32.4 Å². The Balaban J connectivity index is 1.61. The molecule has 1 saturated heterocycles. The number of amides is 1. The molecule has 1 aliphatic heterocycles. The summed E-state index contributed by atoms with van der Waals surface area (Å²) >= 11 is 1.69. The second kappa shape index (κ2) is 9.86. The van der Waals surface area contributed by atoms with Crippen LogP contribution in [0.1, 0.15) is 57.9 Å². The molecule has 1 aromatic heterocycles. The third-order valence-corrected chi connectivity index (χ3v) is 6.56. The van der Waals surface area contributed by atoms with Crippen LogP contribution in [-0.4, -0.2) is 41.9 Å². The van der Waals surface area contributed by atoms with E-state index in [1.54, 1.807) is 11.3 Å². The lowest BCUT2D eigenvalue weighted by Crippen LogP contribution is -2.34. The van der Waals surface area contributed by atoms with Gasteiger partial charge in [-0.25, -0.2) is 0 Å². The molecule has 2 aromatic rings. The molecule has 5 heteroatoms. The van der Waals surface area contributed by atoms with Crippen LogP contribution in [0.25, 0.3) is 0 Å². The number of nitriles is 1. The number of aryl methyl sites for hydroxylation is 2. The average Bonchev–Trinajstić information content (AvgIpc) is 2.99. The molecule has 4 nitrogen and oxygen atoms in total. The summed E-state index contributed by atoms with van der Waals surface area (Å²) in [4.78, 5) is 19.8. The molecule has 1 amide bonds. The summed E-state index contributed by atoms with van der Waals surface area (Å²) < 4.78 is 0. The van der Waals surface area contributed by atoms with Gasteiger partial charge in [-0.05, 0) is 48.6 Å². The zero-order valence-corrected chi connectivity index (χ0v) is 17.7. The Morgan fingerprint density at radius 2 is 1.93 bits per heavy atom. The molecule has 0 spiro atoms. The fourth-order valence-electron chi connectivity index (χ4n) is 3.74. The maximum Gasteiger partial charge on any atom is 0.263 e. The van der Waals surface area contributed by atoms with Gasteiger partial charge in [0.1, 0.15) is 0 Å². The van der Waals surface area contributed by atoms with Gasteiger partial charge in [-0.3, -0.25) is 9.69 Å². The fourth-order valence-corrected chi connectivity index (χ4v) is 5.06. The highest BCUT2D eigenvalue weighted by Gasteiger charge is 2.22. The average molecular weight is 396 g/mol. The van der Waals surface area contributed by atoms with E-state index in [4.69, 9.17) is 5.26 Å². The molecule has 0 saturated carbocycles. The van der Waals surface area contributed by atoms with Crippen molar-refractivity contribution in [3.63, 3.8) is 0 Å². The molecule has 0 N–H and O–H groups in total. The molecule has 3 rings (SSSR count). The monoisotopic (exact) mass is 395 g/mol. The van der Waals surface area contributed by atoms with Crippen LogP contribution in [0.4, 0.5) is 0 Å². The van der Waals surface area contributed by atoms with Crippen LogP contribution in [-0.2, 0) is 19.4 Å². The van der Waals surface area contributed by atoms with Gasteiger partial charge in [0.25, 0.3) is 5.91 Å². The predicted octanol–water partition coefficient (Wildman–Crippen LogP) is 4.48. The molecular formula is C23H29N3OS.